The standard InChI is InChI=1S/C19H21NO3S/c1-13-8-10-16(19(23)20-14(2)9-11-18(21)22)17(12-13)24-15-6-4-3-5-7-15/h3-8,10,12,14H,9,11H2,1-2H3,(H,20,23)(H,21,22). The van der Waals surface area contributed by atoms with Crippen molar-refractivity contribution in [3.63, 3.8) is 0 Å². The lowest BCUT2D eigenvalue weighted by molar-refractivity contribution is -0.137. The number of rotatable bonds is 7. The molecule has 0 saturated heterocycles. The third-order valence-corrected chi connectivity index (χ3v) is 4.59. The normalized spacial score (nSPS) is 11.8. The average Bonchev–Trinajstić information content (AvgIpc) is 2.54. The van der Waals surface area contributed by atoms with Gasteiger partial charge in [-0.05, 0) is 50.1 Å². The van der Waals surface area contributed by atoms with Gasteiger partial charge >= 0.3 is 5.97 Å². The number of amides is 1. The summed E-state index contributed by atoms with van der Waals surface area (Å²) in [5, 5.41) is 11.6. The zero-order chi connectivity index (χ0) is 17.5. The molecule has 0 aromatic heterocycles. The van der Waals surface area contributed by atoms with Crippen molar-refractivity contribution >= 4 is 23.6 Å². The number of carbonyl (C=O) groups excluding carboxylic acids is 1. The minimum absolute atomic E-state index is 0.0426. The summed E-state index contributed by atoms with van der Waals surface area (Å²) >= 11 is 1.55. The quantitative estimate of drug-likeness (QED) is 0.793. The molecule has 1 atom stereocenters. The van der Waals surface area contributed by atoms with Crippen LogP contribution in [0.15, 0.2) is 58.3 Å². The maximum atomic E-state index is 12.6. The Balaban J connectivity index is 2.14. The first-order valence-electron chi connectivity index (χ1n) is 7.82. The Morgan fingerprint density at radius 1 is 1.17 bits per heavy atom. The highest BCUT2D eigenvalue weighted by Gasteiger charge is 2.15. The van der Waals surface area contributed by atoms with Gasteiger partial charge in [-0.1, -0.05) is 36.0 Å². The van der Waals surface area contributed by atoms with Gasteiger partial charge in [-0.2, -0.15) is 0 Å². The number of carbonyl (C=O) groups is 2. The van der Waals surface area contributed by atoms with Gasteiger partial charge in [-0.15, -0.1) is 0 Å². The fourth-order valence-corrected chi connectivity index (χ4v) is 3.29. The number of hydrogen-bond acceptors (Lipinski definition) is 3. The highest BCUT2D eigenvalue weighted by atomic mass is 32.2. The van der Waals surface area contributed by atoms with Crippen LogP contribution in [0.25, 0.3) is 0 Å². The molecule has 1 unspecified atom stereocenters. The molecule has 2 N–H and O–H groups in total. The van der Waals surface area contributed by atoms with Crippen molar-refractivity contribution in [2.45, 2.75) is 42.5 Å². The van der Waals surface area contributed by atoms with Gasteiger partial charge in [0.1, 0.15) is 0 Å². The number of benzene rings is 2. The summed E-state index contributed by atoms with van der Waals surface area (Å²) in [7, 11) is 0. The number of hydrogen-bond donors (Lipinski definition) is 2. The SMILES string of the molecule is Cc1ccc(C(=O)NC(C)CCC(=O)O)c(Sc2ccccc2)c1. The molecule has 0 fully saturated rings. The number of carboxylic acid groups (broad SMARTS) is 1. The van der Waals surface area contributed by atoms with Gasteiger partial charge < -0.3 is 10.4 Å². The Labute approximate surface area is 146 Å². The predicted molar refractivity (Wildman–Crippen MR) is 95.5 cm³/mol. The van der Waals surface area contributed by atoms with E-state index in [2.05, 4.69) is 5.32 Å². The van der Waals surface area contributed by atoms with E-state index in [0.717, 1.165) is 15.4 Å². The largest absolute Gasteiger partial charge is 0.481 e. The highest BCUT2D eigenvalue weighted by molar-refractivity contribution is 7.99. The van der Waals surface area contributed by atoms with Crippen LogP contribution in [0, 0.1) is 6.92 Å². The Hall–Kier alpha value is -2.27. The van der Waals surface area contributed by atoms with E-state index in [-0.39, 0.29) is 18.4 Å². The molecule has 0 aliphatic rings. The molecule has 1 amide bonds. The lowest BCUT2D eigenvalue weighted by atomic mass is 10.1. The van der Waals surface area contributed by atoms with E-state index in [9.17, 15) is 9.59 Å². The van der Waals surface area contributed by atoms with Crippen LogP contribution in [0.4, 0.5) is 0 Å². The van der Waals surface area contributed by atoms with Crippen molar-refractivity contribution in [2.24, 2.45) is 0 Å². The molecule has 2 aromatic rings. The van der Waals surface area contributed by atoms with E-state index in [1.165, 1.54) is 0 Å². The molecular formula is C19H21NO3S. The van der Waals surface area contributed by atoms with Crippen molar-refractivity contribution < 1.29 is 14.7 Å². The molecule has 0 aliphatic carbocycles. The second-order valence-electron chi connectivity index (χ2n) is 5.72. The minimum Gasteiger partial charge on any atom is -0.481 e. The van der Waals surface area contributed by atoms with Gasteiger partial charge in [0.05, 0.1) is 5.56 Å². The van der Waals surface area contributed by atoms with Crippen LogP contribution in [-0.2, 0) is 4.79 Å². The smallest absolute Gasteiger partial charge is 0.303 e. The van der Waals surface area contributed by atoms with Crippen molar-refractivity contribution in [1.82, 2.24) is 5.32 Å². The van der Waals surface area contributed by atoms with E-state index in [1.807, 2.05) is 62.4 Å². The highest BCUT2D eigenvalue weighted by Crippen LogP contribution is 2.31. The number of carboxylic acids is 1. The molecule has 0 bridgehead atoms. The summed E-state index contributed by atoms with van der Waals surface area (Å²) in [6.45, 7) is 3.81. The van der Waals surface area contributed by atoms with Crippen LogP contribution in [0.1, 0.15) is 35.7 Å². The summed E-state index contributed by atoms with van der Waals surface area (Å²) < 4.78 is 0. The van der Waals surface area contributed by atoms with E-state index >= 15 is 0 Å². The molecule has 2 aromatic carbocycles. The van der Waals surface area contributed by atoms with E-state index in [4.69, 9.17) is 5.11 Å². The molecule has 0 aliphatic heterocycles. The zero-order valence-corrected chi connectivity index (χ0v) is 14.6. The van der Waals surface area contributed by atoms with Crippen LogP contribution in [0.2, 0.25) is 0 Å². The van der Waals surface area contributed by atoms with Gasteiger partial charge in [0.2, 0.25) is 0 Å². The van der Waals surface area contributed by atoms with Crippen molar-refractivity contribution in [3.8, 4) is 0 Å². The third-order valence-electron chi connectivity index (χ3n) is 3.52. The summed E-state index contributed by atoms with van der Waals surface area (Å²) in [5.41, 5.74) is 1.69. The van der Waals surface area contributed by atoms with Crippen LogP contribution >= 0.6 is 11.8 Å². The monoisotopic (exact) mass is 343 g/mol. The topological polar surface area (TPSA) is 66.4 Å². The Bertz CT molecular complexity index is 716. The second-order valence-corrected chi connectivity index (χ2v) is 6.84. The molecule has 126 valence electrons. The molecule has 5 heteroatoms. The lowest BCUT2D eigenvalue weighted by Gasteiger charge is -2.15. The van der Waals surface area contributed by atoms with E-state index in [0.29, 0.717) is 12.0 Å². The lowest BCUT2D eigenvalue weighted by Crippen LogP contribution is -2.33. The molecule has 2 rings (SSSR count). The number of nitrogens with one attached hydrogen (secondary N) is 1. The molecule has 0 saturated carbocycles. The number of aryl methyl sites for hydroxylation is 1. The first-order valence-corrected chi connectivity index (χ1v) is 8.63. The fourth-order valence-electron chi connectivity index (χ4n) is 2.23. The van der Waals surface area contributed by atoms with Gasteiger partial charge in [0.25, 0.3) is 5.91 Å². The van der Waals surface area contributed by atoms with Crippen molar-refractivity contribution in [2.75, 3.05) is 0 Å². The molecule has 0 radical (unpaired) electrons. The van der Waals surface area contributed by atoms with Gasteiger partial charge in [-0.3, -0.25) is 9.59 Å². The summed E-state index contributed by atoms with van der Waals surface area (Å²) in [6.07, 6.45) is 0.453. The summed E-state index contributed by atoms with van der Waals surface area (Å²) in [4.78, 5) is 25.1. The van der Waals surface area contributed by atoms with Gasteiger partial charge in [-0.25, -0.2) is 0 Å². The maximum Gasteiger partial charge on any atom is 0.303 e. The van der Waals surface area contributed by atoms with Crippen molar-refractivity contribution in [1.29, 1.82) is 0 Å². The number of aliphatic carboxylic acids is 1. The first-order chi connectivity index (χ1) is 11.5. The second kappa shape index (κ2) is 8.55. The summed E-state index contributed by atoms with van der Waals surface area (Å²) in [6, 6.07) is 15.4. The zero-order valence-electron chi connectivity index (χ0n) is 13.8. The van der Waals surface area contributed by atoms with Gasteiger partial charge in [0, 0.05) is 22.3 Å². The Kier molecular flexibility index (Phi) is 6.44. The third kappa shape index (κ3) is 5.42. The molecular weight excluding hydrogens is 322 g/mol. The maximum absolute atomic E-state index is 12.6. The van der Waals surface area contributed by atoms with Crippen LogP contribution in [0.5, 0.6) is 0 Å². The van der Waals surface area contributed by atoms with Crippen molar-refractivity contribution in [3.05, 3.63) is 59.7 Å². The fraction of sp³-hybridized carbons (Fsp3) is 0.263. The van der Waals surface area contributed by atoms with E-state index < -0.39 is 5.97 Å². The Morgan fingerprint density at radius 3 is 2.54 bits per heavy atom. The van der Waals surface area contributed by atoms with Crippen LogP contribution in [0.3, 0.4) is 0 Å². The Morgan fingerprint density at radius 2 is 1.88 bits per heavy atom. The summed E-state index contributed by atoms with van der Waals surface area (Å²) in [5.74, 6) is -1.03. The predicted octanol–water partition coefficient (Wildman–Crippen LogP) is 4.13. The average molecular weight is 343 g/mol. The van der Waals surface area contributed by atoms with Gasteiger partial charge in [0.15, 0.2) is 0 Å². The minimum atomic E-state index is -0.855. The molecule has 24 heavy (non-hydrogen) atoms. The van der Waals surface area contributed by atoms with Crippen LogP contribution < -0.4 is 5.32 Å². The van der Waals surface area contributed by atoms with E-state index in [1.54, 1.807) is 11.8 Å². The molecule has 0 spiro atoms. The first kappa shape index (κ1) is 18.1. The molecule has 4 nitrogen and oxygen atoms in total. The van der Waals surface area contributed by atoms with Crippen LogP contribution in [-0.4, -0.2) is 23.0 Å². The molecule has 0 heterocycles.